The minimum atomic E-state index is -1.59. The zero-order chi connectivity index (χ0) is 23.3. The average molecular weight is 453 g/mol. The predicted molar refractivity (Wildman–Crippen MR) is 117 cm³/mol. The van der Waals surface area contributed by atoms with E-state index in [9.17, 15) is 19.1 Å². The Morgan fingerprint density at radius 1 is 1.39 bits per heavy atom. The van der Waals surface area contributed by atoms with Crippen molar-refractivity contribution in [3.8, 4) is 0 Å². The number of hydrogen-bond donors (Lipinski definition) is 2. The molecule has 2 aromatic heterocycles. The molecule has 2 N–H and O–H groups in total. The molecule has 4 heterocycles. The van der Waals surface area contributed by atoms with Gasteiger partial charge >= 0.3 is 0 Å². The first-order valence-corrected chi connectivity index (χ1v) is 10.7. The second-order valence-electron chi connectivity index (χ2n) is 9.04. The minimum Gasteiger partial charge on any atom is -0.387 e. The highest BCUT2D eigenvalue weighted by atomic mass is 19.1. The Balaban J connectivity index is 1.45. The molecule has 3 aromatic rings. The van der Waals surface area contributed by atoms with E-state index in [1.54, 1.807) is 30.6 Å². The molecule has 1 atom stereocenters. The van der Waals surface area contributed by atoms with Gasteiger partial charge in [0.1, 0.15) is 11.7 Å². The average Bonchev–Trinajstić information content (AvgIpc) is 3.28. The number of alkyl halides is 1. The van der Waals surface area contributed by atoms with Crippen molar-refractivity contribution >= 4 is 23.1 Å². The lowest BCUT2D eigenvalue weighted by atomic mass is 9.92. The molecule has 0 bridgehead atoms. The van der Waals surface area contributed by atoms with E-state index in [-0.39, 0.29) is 30.8 Å². The van der Waals surface area contributed by atoms with Crippen molar-refractivity contribution < 1.29 is 23.8 Å². The minimum absolute atomic E-state index is 0.0415. The Hall–Kier alpha value is -3.37. The van der Waals surface area contributed by atoms with Gasteiger partial charge in [0.25, 0.3) is 11.8 Å². The summed E-state index contributed by atoms with van der Waals surface area (Å²) in [7, 11) is 0. The molecule has 1 unspecified atom stereocenters. The molecule has 10 heteroatoms. The molecule has 1 aromatic carbocycles. The first kappa shape index (κ1) is 21.5. The molecule has 2 aliphatic rings. The number of benzene rings is 1. The van der Waals surface area contributed by atoms with Crippen molar-refractivity contribution in [1.82, 2.24) is 19.5 Å². The summed E-state index contributed by atoms with van der Waals surface area (Å²) in [6.07, 6.45) is 3.17. The van der Waals surface area contributed by atoms with Crippen LogP contribution in [0.3, 0.4) is 0 Å². The second kappa shape index (κ2) is 7.89. The van der Waals surface area contributed by atoms with Crippen LogP contribution in [0.5, 0.6) is 0 Å². The summed E-state index contributed by atoms with van der Waals surface area (Å²) < 4.78 is 21.3. The van der Waals surface area contributed by atoms with Crippen LogP contribution in [-0.2, 0) is 11.3 Å². The molecule has 33 heavy (non-hydrogen) atoms. The van der Waals surface area contributed by atoms with Gasteiger partial charge in [0.05, 0.1) is 31.6 Å². The third-order valence-electron chi connectivity index (χ3n) is 6.15. The fraction of sp³-hybridized carbons (Fsp3) is 0.391. The molecule has 0 saturated carbocycles. The van der Waals surface area contributed by atoms with Crippen LogP contribution in [0.15, 0.2) is 36.8 Å². The molecule has 2 aliphatic heterocycles. The van der Waals surface area contributed by atoms with E-state index in [0.717, 1.165) is 5.56 Å². The second-order valence-corrected chi connectivity index (χ2v) is 9.04. The first-order valence-electron chi connectivity index (χ1n) is 10.7. The third-order valence-corrected chi connectivity index (χ3v) is 6.15. The van der Waals surface area contributed by atoms with Gasteiger partial charge in [-0.2, -0.15) is 5.10 Å². The van der Waals surface area contributed by atoms with Crippen LogP contribution in [0.25, 0.3) is 5.65 Å². The molecule has 0 aliphatic carbocycles. The zero-order valence-electron chi connectivity index (χ0n) is 18.3. The van der Waals surface area contributed by atoms with Gasteiger partial charge in [0, 0.05) is 36.1 Å². The Bertz CT molecular complexity index is 1250. The molecule has 5 rings (SSSR count). The van der Waals surface area contributed by atoms with Gasteiger partial charge in [-0.1, -0.05) is 0 Å². The lowest BCUT2D eigenvalue weighted by molar-refractivity contribution is -0.0159. The fourth-order valence-electron chi connectivity index (χ4n) is 4.04. The van der Waals surface area contributed by atoms with Gasteiger partial charge in [0.2, 0.25) is 0 Å². The molecular formula is C23H24FN5O4. The standard InChI is InChI=1S/C23H24FN5O4/c1-23(2,32)19(24)10-28-9-13-6-18(15(14-11-33-12-14)7-16(13)22(28)31)27-21(30)17-8-26-29-5-3-4-25-20(17)29/h3-8,14,19,32H,9-12H2,1-2H3,(H,27,30). The van der Waals surface area contributed by atoms with Crippen molar-refractivity contribution in [2.24, 2.45) is 0 Å². The number of nitrogens with one attached hydrogen (secondary N) is 1. The van der Waals surface area contributed by atoms with Crippen LogP contribution in [-0.4, -0.2) is 68.0 Å². The number of hydrogen-bond acceptors (Lipinski definition) is 6. The maximum atomic E-state index is 14.4. The van der Waals surface area contributed by atoms with E-state index in [1.807, 2.05) is 0 Å². The Kier molecular flexibility index (Phi) is 5.13. The largest absolute Gasteiger partial charge is 0.387 e. The number of aliphatic hydroxyl groups is 1. The molecule has 1 saturated heterocycles. The van der Waals surface area contributed by atoms with Crippen molar-refractivity contribution in [2.75, 3.05) is 25.1 Å². The van der Waals surface area contributed by atoms with Crippen LogP contribution in [0.2, 0.25) is 0 Å². The van der Waals surface area contributed by atoms with E-state index in [1.165, 1.54) is 29.5 Å². The molecule has 172 valence electrons. The summed E-state index contributed by atoms with van der Waals surface area (Å²) in [5.41, 5.74) is 1.77. The SMILES string of the molecule is CC(C)(O)C(F)CN1Cc2cc(NC(=O)c3cnn4cccnc34)c(C3COC3)cc2C1=O. The van der Waals surface area contributed by atoms with E-state index in [0.29, 0.717) is 41.2 Å². The number of carbonyl (C=O) groups excluding carboxylic acids is 2. The van der Waals surface area contributed by atoms with Gasteiger partial charge < -0.3 is 20.1 Å². The lowest BCUT2D eigenvalue weighted by Gasteiger charge is -2.28. The number of aromatic nitrogens is 3. The van der Waals surface area contributed by atoms with E-state index in [2.05, 4.69) is 15.4 Å². The Labute approximate surface area is 189 Å². The highest BCUT2D eigenvalue weighted by molar-refractivity contribution is 6.09. The molecule has 0 spiro atoms. The third kappa shape index (κ3) is 3.85. The Morgan fingerprint density at radius 3 is 2.88 bits per heavy atom. The van der Waals surface area contributed by atoms with Crippen molar-refractivity contribution in [2.45, 2.75) is 38.1 Å². The zero-order valence-corrected chi connectivity index (χ0v) is 18.3. The number of anilines is 1. The van der Waals surface area contributed by atoms with Crippen LogP contribution >= 0.6 is 0 Å². The number of amides is 2. The Morgan fingerprint density at radius 2 is 2.18 bits per heavy atom. The topological polar surface area (TPSA) is 109 Å². The van der Waals surface area contributed by atoms with Crippen molar-refractivity contribution in [3.63, 3.8) is 0 Å². The summed E-state index contributed by atoms with van der Waals surface area (Å²) in [6.45, 7) is 3.72. The normalized spacial score (nSPS) is 17.2. The summed E-state index contributed by atoms with van der Waals surface area (Å²) >= 11 is 0. The van der Waals surface area contributed by atoms with E-state index >= 15 is 0 Å². The van der Waals surface area contributed by atoms with E-state index < -0.39 is 11.8 Å². The first-order chi connectivity index (χ1) is 15.7. The summed E-state index contributed by atoms with van der Waals surface area (Å²) in [5, 5.41) is 17.0. The monoisotopic (exact) mass is 453 g/mol. The number of nitrogens with zero attached hydrogens (tertiary/aromatic N) is 4. The highest BCUT2D eigenvalue weighted by Gasteiger charge is 2.36. The maximum absolute atomic E-state index is 14.4. The summed E-state index contributed by atoms with van der Waals surface area (Å²) in [6, 6.07) is 5.26. The van der Waals surface area contributed by atoms with Crippen molar-refractivity contribution in [3.05, 3.63) is 59.0 Å². The molecule has 9 nitrogen and oxygen atoms in total. The molecular weight excluding hydrogens is 429 g/mol. The quantitative estimate of drug-likeness (QED) is 0.592. The maximum Gasteiger partial charge on any atom is 0.261 e. The molecule has 2 amide bonds. The highest BCUT2D eigenvalue weighted by Crippen LogP contribution is 2.36. The van der Waals surface area contributed by atoms with Crippen LogP contribution in [0.1, 0.15) is 51.6 Å². The smallest absolute Gasteiger partial charge is 0.261 e. The summed E-state index contributed by atoms with van der Waals surface area (Å²) in [4.78, 5) is 31.6. The van der Waals surface area contributed by atoms with Gasteiger partial charge in [-0.15, -0.1) is 0 Å². The van der Waals surface area contributed by atoms with Gasteiger partial charge in [-0.25, -0.2) is 13.9 Å². The van der Waals surface area contributed by atoms with Gasteiger partial charge in [-0.05, 0) is 43.2 Å². The van der Waals surface area contributed by atoms with E-state index in [4.69, 9.17) is 4.74 Å². The van der Waals surface area contributed by atoms with Gasteiger partial charge in [0.15, 0.2) is 5.65 Å². The number of fused-ring (bicyclic) bond motifs is 2. The summed E-state index contributed by atoms with van der Waals surface area (Å²) in [5.74, 6) is -0.611. The molecule has 0 radical (unpaired) electrons. The lowest BCUT2D eigenvalue weighted by Crippen LogP contribution is -2.42. The van der Waals surface area contributed by atoms with Crippen molar-refractivity contribution in [1.29, 1.82) is 0 Å². The molecule has 1 fully saturated rings. The number of carbonyl (C=O) groups is 2. The number of ether oxygens (including phenoxy) is 1. The van der Waals surface area contributed by atoms with Crippen LogP contribution in [0.4, 0.5) is 10.1 Å². The van der Waals surface area contributed by atoms with Crippen LogP contribution < -0.4 is 5.32 Å². The predicted octanol–water partition coefficient (Wildman–Crippen LogP) is 2.16. The fourth-order valence-corrected chi connectivity index (χ4v) is 4.04. The van der Waals surface area contributed by atoms with Crippen LogP contribution in [0, 0.1) is 0 Å². The van der Waals surface area contributed by atoms with Gasteiger partial charge in [-0.3, -0.25) is 9.59 Å². The number of halogens is 1. The number of rotatable bonds is 6.